The molecule has 0 aliphatic heterocycles. The summed E-state index contributed by atoms with van der Waals surface area (Å²) in [5, 5.41) is 12.7. The molecule has 0 radical (unpaired) electrons. The molecule has 0 spiro atoms. The highest BCUT2D eigenvalue weighted by Crippen LogP contribution is 2.09. The zero-order chi connectivity index (χ0) is 16.1. The molecule has 1 aromatic heterocycles. The van der Waals surface area contributed by atoms with Crippen molar-refractivity contribution in [3.05, 3.63) is 95.5 Å². The normalized spacial score (nSPS) is 12.0. The Balaban J connectivity index is 1.95. The van der Waals surface area contributed by atoms with Gasteiger partial charge < -0.3 is 9.77 Å². The molecular weight excluding hydrogens is 293 g/mol. The molecule has 0 aliphatic rings. The van der Waals surface area contributed by atoms with Crippen molar-refractivity contribution in [2.75, 3.05) is 0 Å². The summed E-state index contributed by atoms with van der Waals surface area (Å²) >= 11 is 0. The minimum absolute atomic E-state index is 0.238. The average molecular weight is 309 g/mol. The summed E-state index contributed by atoms with van der Waals surface area (Å²) in [6.45, 7) is 0.615. The van der Waals surface area contributed by atoms with Gasteiger partial charge in [0.05, 0.1) is 6.33 Å². The number of hydrogen-bond acceptors (Lipinski definition) is 2. The zero-order valence-corrected chi connectivity index (χ0v) is 12.5. The third kappa shape index (κ3) is 3.83. The third-order valence-corrected chi connectivity index (χ3v) is 3.54. The second kappa shape index (κ2) is 6.87. The van der Waals surface area contributed by atoms with Crippen LogP contribution in [0.25, 0.3) is 0 Å². The van der Waals surface area contributed by atoms with Crippen LogP contribution < -0.4 is 0 Å². The van der Waals surface area contributed by atoms with E-state index in [0.29, 0.717) is 17.8 Å². The lowest BCUT2D eigenvalue weighted by atomic mass is 10.1. The summed E-state index contributed by atoms with van der Waals surface area (Å²) in [5.74, 6) is -0.323. The summed E-state index contributed by atoms with van der Waals surface area (Å²) in [6, 6.07) is 15.5. The van der Waals surface area contributed by atoms with E-state index in [2.05, 4.69) is 4.98 Å². The predicted octanol–water partition coefficient (Wildman–Crippen LogP) is 3.22. The molecule has 4 nitrogen and oxygen atoms in total. The van der Waals surface area contributed by atoms with Crippen LogP contribution in [0.2, 0.25) is 0 Å². The maximum absolute atomic E-state index is 13.2. The molecule has 0 amide bonds. The lowest BCUT2D eigenvalue weighted by Crippen LogP contribution is -2.22. The third-order valence-electron chi connectivity index (χ3n) is 3.54. The van der Waals surface area contributed by atoms with Gasteiger partial charge in [-0.25, -0.2) is 14.1 Å². The molecule has 3 rings (SSSR count). The van der Waals surface area contributed by atoms with Gasteiger partial charge in [-0.2, -0.15) is 0 Å². The number of hydroxylamine groups is 1. The van der Waals surface area contributed by atoms with E-state index in [-0.39, 0.29) is 12.4 Å². The van der Waals surface area contributed by atoms with Crippen molar-refractivity contribution < 1.29 is 9.13 Å². The van der Waals surface area contributed by atoms with Crippen molar-refractivity contribution >= 4 is 5.71 Å². The summed E-state index contributed by atoms with van der Waals surface area (Å²) in [5.41, 5.74) is 2.19. The molecule has 0 unspecified atom stereocenters. The number of rotatable bonds is 5. The van der Waals surface area contributed by atoms with Crippen molar-refractivity contribution in [2.24, 2.45) is 0 Å². The van der Waals surface area contributed by atoms with Crippen molar-refractivity contribution in [1.29, 1.82) is 0 Å². The number of hydrogen-bond donors (Lipinski definition) is 0. The van der Waals surface area contributed by atoms with E-state index in [1.807, 2.05) is 34.9 Å². The first kappa shape index (κ1) is 15.0. The van der Waals surface area contributed by atoms with Gasteiger partial charge in [0.1, 0.15) is 12.4 Å². The molecule has 0 fully saturated rings. The Morgan fingerprint density at radius 2 is 1.83 bits per heavy atom. The summed E-state index contributed by atoms with van der Waals surface area (Å²) in [4.78, 5) is 4.00. The minimum Gasteiger partial charge on any atom is -0.623 e. The van der Waals surface area contributed by atoms with E-state index in [4.69, 9.17) is 0 Å². The second-order valence-electron chi connectivity index (χ2n) is 5.21. The van der Waals surface area contributed by atoms with Gasteiger partial charge in [-0.05, 0) is 24.3 Å². The minimum atomic E-state index is -0.323. The maximum atomic E-state index is 13.2. The number of benzene rings is 2. The lowest BCUT2D eigenvalue weighted by molar-refractivity contribution is -0.475. The quantitative estimate of drug-likeness (QED) is 0.314. The molecular formula is C18H16FN3O. The zero-order valence-electron chi connectivity index (χ0n) is 12.5. The van der Waals surface area contributed by atoms with E-state index < -0.39 is 0 Å². The monoisotopic (exact) mass is 309 g/mol. The fourth-order valence-corrected chi connectivity index (χ4v) is 2.35. The topological polar surface area (TPSA) is 43.9 Å². The van der Waals surface area contributed by atoms with Gasteiger partial charge in [-0.15, -0.1) is 0 Å². The summed E-state index contributed by atoms with van der Waals surface area (Å²) in [6.07, 6.45) is 5.11. The van der Waals surface area contributed by atoms with Crippen molar-refractivity contribution in [2.45, 2.75) is 13.1 Å². The second-order valence-corrected chi connectivity index (χ2v) is 5.21. The van der Waals surface area contributed by atoms with Crippen molar-refractivity contribution in [3.8, 4) is 0 Å². The van der Waals surface area contributed by atoms with E-state index in [1.165, 1.54) is 12.1 Å². The fourth-order valence-electron chi connectivity index (χ4n) is 2.35. The van der Waals surface area contributed by atoms with Gasteiger partial charge in [0.2, 0.25) is 5.71 Å². The highest BCUT2D eigenvalue weighted by Gasteiger charge is 2.14. The van der Waals surface area contributed by atoms with Crippen LogP contribution >= 0.6 is 0 Å². The molecule has 0 saturated carbocycles. The average Bonchev–Trinajstić information content (AvgIpc) is 3.08. The Morgan fingerprint density at radius 1 is 1.09 bits per heavy atom. The standard InChI is InChI=1S/C18H16FN3O/c19-17-8-6-16(7-9-17)18(13-21-11-10-20-14-21)22(23)12-15-4-2-1-3-5-15/h1-11,14H,12-13H2/b22-18+. The fraction of sp³-hybridized carbons (Fsp3) is 0.111. The molecule has 23 heavy (non-hydrogen) atoms. The van der Waals surface area contributed by atoms with Gasteiger partial charge >= 0.3 is 0 Å². The van der Waals surface area contributed by atoms with Crippen LogP contribution in [-0.2, 0) is 13.1 Å². The van der Waals surface area contributed by atoms with Gasteiger partial charge in [-0.1, -0.05) is 30.3 Å². The largest absolute Gasteiger partial charge is 0.623 e. The Morgan fingerprint density at radius 3 is 2.48 bits per heavy atom. The van der Waals surface area contributed by atoms with Crippen LogP contribution in [0.15, 0.2) is 73.3 Å². The maximum Gasteiger partial charge on any atom is 0.214 e. The Hall–Kier alpha value is -2.95. The molecule has 0 saturated heterocycles. The highest BCUT2D eigenvalue weighted by atomic mass is 19.1. The van der Waals surface area contributed by atoms with Gasteiger partial charge in [-0.3, -0.25) is 0 Å². The van der Waals surface area contributed by atoms with Crippen molar-refractivity contribution in [1.82, 2.24) is 9.55 Å². The van der Waals surface area contributed by atoms with E-state index >= 15 is 0 Å². The number of imidazole rings is 1. The summed E-state index contributed by atoms with van der Waals surface area (Å²) < 4.78 is 15.9. The number of nitrogens with zero attached hydrogens (tertiary/aromatic N) is 3. The van der Waals surface area contributed by atoms with E-state index in [9.17, 15) is 9.60 Å². The predicted molar refractivity (Wildman–Crippen MR) is 86.5 cm³/mol. The number of aromatic nitrogens is 2. The number of halogens is 1. The van der Waals surface area contributed by atoms with E-state index in [1.54, 1.807) is 30.9 Å². The Kier molecular flexibility index (Phi) is 4.47. The first-order valence-electron chi connectivity index (χ1n) is 7.28. The molecule has 3 aromatic rings. The first-order chi connectivity index (χ1) is 11.2. The SMILES string of the molecule is [O-]/[N+](Cc1ccccc1)=C(\Cn1ccnc1)c1ccc(F)cc1. The molecule has 0 aliphatic carbocycles. The van der Waals surface area contributed by atoms with Crippen LogP contribution in [0.5, 0.6) is 0 Å². The lowest BCUT2D eigenvalue weighted by Gasteiger charge is -2.12. The van der Waals surface area contributed by atoms with Crippen molar-refractivity contribution in [3.63, 3.8) is 0 Å². The Labute approximate surface area is 133 Å². The molecule has 0 bridgehead atoms. The highest BCUT2D eigenvalue weighted by molar-refractivity contribution is 5.96. The van der Waals surface area contributed by atoms with Crippen LogP contribution in [0, 0.1) is 11.0 Å². The van der Waals surface area contributed by atoms with Gasteiger partial charge in [0.15, 0.2) is 6.54 Å². The van der Waals surface area contributed by atoms with Crippen LogP contribution in [-0.4, -0.2) is 20.0 Å². The molecule has 2 aromatic carbocycles. The van der Waals surface area contributed by atoms with Crippen LogP contribution in [0.4, 0.5) is 4.39 Å². The van der Waals surface area contributed by atoms with Crippen LogP contribution in [0.1, 0.15) is 11.1 Å². The van der Waals surface area contributed by atoms with E-state index in [0.717, 1.165) is 10.3 Å². The van der Waals surface area contributed by atoms with Crippen LogP contribution in [0.3, 0.4) is 0 Å². The summed E-state index contributed by atoms with van der Waals surface area (Å²) in [7, 11) is 0. The molecule has 116 valence electrons. The molecule has 1 heterocycles. The smallest absolute Gasteiger partial charge is 0.214 e. The first-order valence-corrected chi connectivity index (χ1v) is 7.28. The Bertz CT molecular complexity index is 781. The molecule has 0 atom stereocenters. The van der Waals surface area contributed by atoms with Gasteiger partial charge in [0.25, 0.3) is 0 Å². The molecule has 5 heteroatoms. The molecule has 0 N–H and O–H groups in total. The van der Waals surface area contributed by atoms with Gasteiger partial charge in [0, 0.05) is 23.5 Å².